The van der Waals surface area contributed by atoms with E-state index in [-0.39, 0.29) is 5.82 Å². The van der Waals surface area contributed by atoms with Gasteiger partial charge in [-0.3, -0.25) is 0 Å². The van der Waals surface area contributed by atoms with Crippen molar-refractivity contribution >= 4 is 11.8 Å². The van der Waals surface area contributed by atoms with Crippen LogP contribution in [0.5, 0.6) is 5.75 Å². The minimum absolute atomic E-state index is 0.302. The topological polar surface area (TPSA) is 29.5 Å². The van der Waals surface area contributed by atoms with Crippen LogP contribution in [0.4, 0.5) is 4.39 Å². The average molecular weight is 304 g/mol. The van der Waals surface area contributed by atoms with Crippen LogP contribution in [0.1, 0.15) is 30.1 Å². The van der Waals surface area contributed by atoms with Crippen LogP contribution in [0.2, 0.25) is 0 Å². The molecule has 21 heavy (non-hydrogen) atoms. The molecule has 0 radical (unpaired) electrons. The van der Waals surface area contributed by atoms with Crippen LogP contribution in [0, 0.1) is 5.82 Å². The van der Waals surface area contributed by atoms with Crippen LogP contribution in [0.3, 0.4) is 0 Å². The third-order valence-electron chi connectivity index (χ3n) is 3.66. The smallest absolute Gasteiger partial charge is 0.128 e. The van der Waals surface area contributed by atoms with Gasteiger partial charge in [0.25, 0.3) is 0 Å². The van der Waals surface area contributed by atoms with Crippen LogP contribution in [-0.2, 0) is 0 Å². The highest BCUT2D eigenvalue weighted by molar-refractivity contribution is 7.99. The number of halogens is 1. The van der Waals surface area contributed by atoms with Crippen molar-refractivity contribution in [2.45, 2.75) is 23.8 Å². The molecule has 0 fully saturated rings. The first kappa shape index (κ1) is 14.4. The third-order valence-corrected chi connectivity index (χ3v) is 4.92. The Bertz CT molecular complexity index is 642. The van der Waals surface area contributed by atoms with Gasteiger partial charge in [0.05, 0.1) is 12.7 Å². The van der Waals surface area contributed by atoms with E-state index >= 15 is 0 Å². The summed E-state index contributed by atoms with van der Waals surface area (Å²) in [5, 5.41) is 9.74. The van der Waals surface area contributed by atoms with E-state index in [1.54, 1.807) is 13.0 Å². The van der Waals surface area contributed by atoms with Gasteiger partial charge in [0.2, 0.25) is 0 Å². The molecule has 1 heterocycles. The predicted molar refractivity (Wildman–Crippen MR) is 82.4 cm³/mol. The van der Waals surface area contributed by atoms with E-state index in [9.17, 15) is 9.50 Å². The summed E-state index contributed by atoms with van der Waals surface area (Å²) < 4.78 is 19.2. The molecule has 3 rings (SSSR count). The van der Waals surface area contributed by atoms with Gasteiger partial charge in [-0.05, 0) is 30.7 Å². The Morgan fingerprint density at radius 2 is 2.14 bits per heavy atom. The third kappa shape index (κ3) is 3.06. The number of aliphatic hydroxyl groups excluding tert-OH is 1. The van der Waals surface area contributed by atoms with Gasteiger partial charge in [0, 0.05) is 28.2 Å². The van der Waals surface area contributed by atoms with Crippen molar-refractivity contribution < 1.29 is 14.2 Å². The van der Waals surface area contributed by atoms with E-state index in [2.05, 4.69) is 12.1 Å². The van der Waals surface area contributed by atoms with Gasteiger partial charge < -0.3 is 9.84 Å². The highest BCUT2D eigenvalue weighted by Gasteiger charge is 2.23. The van der Waals surface area contributed by atoms with Gasteiger partial charge in [-0.25, -0.2) is 4.39 Å². The maximum atomic E-state index is 13.4. The summed E-state index contributed by atoms with van der Waals surface area (Å²) in [6, 6.07) is 12.6. The number of aliphatic hydroxyl groups is 1. The van der Waals surface area contributed by atoms with Crippen molar-refractivity contribution in [1.29, 1.82) is 0 Å². The molecule has 0 saturated carbocycles. The molecule has 110 valence electrons. The molecule has 2 aromatic carbocycles. The van der Waals surface area contributed by atoms with Gasteiger partial charge in [0.1, 0.15) is 11.6 Å². The van der Waals surface area contributed by atoms with E-state index in [4.69, 9.17) is 4.74 Å². The van der Waals surface area contributed by atoms with Crippen LogP contribution >= 0.6 is 11.8 Å². The van der Waals surface area contributed by atoms with Crippen molar-refractivity contribution in [2.24, 2.45) is 0 Å². The van der Waals surface area contributed by atoms with Crippen LogP contribution in [0.25, 0.3) is 0 Å². The minimum atomic E-state index is -0.675. The molecule has 0 amide bonds. The zero-order valence-corrected chi connectivity index (χ0v) is 12.6. The monoisotopic (exact) mass is 304 g/mol. The van der Waals surface area contributed by atoms with Crippen LogP contribution in [0.15, 0.2) is 47.4 Å². The van der Waals surface area contributed by atoms with E-state index in [1.807, 2.05) is 23.9 Å². The molecule has 0 bridgehead atoms. The fourth-order valence-corrected chi connectivity index (χ4v) is 3.77. The molecule has 1 N–H and O–H groups in total. The Balaban J connectivity index is 1.76. The predicted octanol–water partition coefficient (Wildman–Crippen LogP) is 4.15. The number of benzene rings is 2. The molecular weight excluding hydrogens is 287 g/mol. The molecule has 1 unspecified atom stereocenters. The van der Waals surface area contributed by atoms with Gasteiger partial charge in [-0.15, -0.1) is 11.8 Å². The summed E-state index contributed by atoms with van der Waals surface area (Å²) in [6.45, 7) is 2.15. The van der Waals surface area contributed by atoms with Crippen LogP contribution < -0.4 is 4.74 Å². The van der Waals surface area contributed by atoms with Crippen LogP contribution in [-0.4, -0.2) is 17.5 Å². The largest absolute Gasteiger partial charge is 0.492 e. The zero-order chi connectivity index (χ0) is 14.8. The molecule has 0 spiro atoms. The SMILES string of the molecule is C[C@@H](O)c1ccc(F)cc1OCC1CSc2ccccc21. The maximum absolute atomic E-state index is 13.4. The molecule has 0 saturated heterocycles. The van der Waals surface area contributed by atoms with Crippen molar-refractivity contribution in [3.05, 3.63) is 59.4 Å². The van der Waals surface area contributed by atoms with Gasteiger partial charge in [-0.2, -0.15) is 0 Å². The molecule has 1 aliphatic rings. The lowest BCUT2D eigenvalue weighted by Gasteiger charge is -2.16. The first-order valence-corrected chi connectivity index (χ1v) is 7.95. The van der Waals surface area contributed by atoms with Gasteiger partial charge in [0.15, 0.2) is 0 Å². The van der Waals surface area contributed by atoms with E-state index in [1.165, 1.54) is 22.6 Å². The summed E-state index contributed by atoms with van der Waals surface area (Å²) in [4.78, 5) is 1.29. The number of hydrogen-bond donors (Lipinski definition) is 1. The molecule has 0 aromatic heterocycles. The van der Waals surface area contributed by atoms with Crippen molar-refractivity contribution in [2.75, 3.05) is 12.4 Å². The standard InChI is InChI=1S/C17H17FO2S/c1-11(19)14-7-6-13(18)8-16(14)20-9-12-10-21-17-5-3-2-4-15(12)17/h2-8,11-12,19H,9-10H2,1H3/t11-,12?/m1/s1. The Hall–Kier alpha value is -1.52. The molecule has 2 nitrogen and oxygen atoms in total. The Labute approximate surface area is 128 Å². The molecule has 2 aromatic rings. The summed E-state index contributed by atoms with van der Waals surface area (Å²) in [6.07, 6.45) is -0.675. The molecular formula is C17H17FO2S. The second kappa shape index (κ2) is 6.08. The lowest BCUT2D eigenvalue weighted by molar-refractivity contribution is 0.190. The summed E-state index contributed by atoms with van der Waals surface area (Å²) in [5.74, 6) is 1.35. The van der Waals surface area contributed by atoms with Crippen molar-refractivity contribution in [1.82, 2.24) is 0 Å². The molecule has 2 atom stereocenters. The Morgan fingerprint density at radius 3 is 2.95 bits per heavy atom. The maximum Gasteiger partial charge on any atom is 0.128 e. The summed E-state index contributed by atoms with van der Waals surface area (Å²) in [7, 11) is 0. The number of rotatable bonds is 4. The lowest BCUT2D eigenvalue weighted by atomic mass is 10.0. The fraction of sp³-hybridized carbons (Fsp3) is 0.294. The van der Waals surface area contributed by atoms with Crippen molar-refractivity contribution in [3.63, 3.8) is 0 Å². The highest BCUT2D eigenvalue weighted by atomic mass is 32.2. The van der Waals surface area contributed by atoms with Gasteiger partial charge >= 0.3 is 0 Å². The fourth-order valence-electron chi connectivity index (χ4n) is 2.54. The number of fused-ring (bicyclic) bond motifs is 1. The van der Waals surface area contributed by atoms with E-state index in [0.29, 0.717) is 23.8 Å². The average Bonchev–Trinajstić information content (AvgIpc) is 2.88. The quantitative estimate of drug-likeness (QED) is 0.920. The molecule has 4 heteroatoms. The number of ether oxygens (including phenoxy) is 1. The highest BCUT2D eigenvalue weighted by Crippen LogP contribution is 2.39. The Morgan fingerprint density at radius 1 is 1.33 bits per heavy atom. The minimum Gasteiger partial charge on any atom is -0.492 e. The first-order chi connectivity index (χ1) is 10.1. The Kier molecular flexibility index (Phi) is 4.17. The number of thioether (sulfide) groups is 1. The zero-order valence-electron chi connectivity index (χ0n) is 11.8. The summed E-state index contributed by atoms with van der Waals surface area (Å²) >= 11 is 1.82. The second-order valence-electron chi connectivity index (χ2n) is 5.21. The molecule has 1 aliphatic heterocycles. The molecule has 0 aliphatic carbocycles. The van der Waals surface area contributed by atoms with E-state index in [0.717, 1.165) is 5.75 Å². The second-order valence-corrected chi connectivity index (χ2v) is 6.28. The van der Waals surface area contributed by atoms with Gasteiger partial charge in [-0.1, -0.05) is 18.2 Å². The lowest BCUT2D eigenvalue weighted by Crippen LogP contribution is -2.11. The van der Waals surface area contributed by atoms with Crippen molar-refractivity contribution in [3.8, 4) is 5.75 Å². The normalized spacial score (nSPS) is 18.3. The summed E-state index contributed by atoms with van der Waals surface area (Å²) in [5.41, 5.74) is 1.91. The first-order valence-electron chi connectivity index (χ1n) is 6.97. The van der Waals surface area contributed by atoms with E-state index < -0.39 is 6.10 Å². The number of hydrogen-bond acceptors (Lipinski definition) is 3.